The van der Waals surface area contributed by atoms with Gasteiger partial charge in [-0.15, -0.1) is 0 Å². The number of carboxylic acid groups (broad SMARTS) is 1. The summed E-state index contributed by atoms with van der Waals surface area (Å²) in [5.74, 6) is -0.963. The molecule has 1 atom stereocenters. The number of aliphatic carboxylic acids is 1. The second kappa shape index (κ2) is 6.68. The Morgan fingerprint density at radius 3 is 2.79 bits per heavy atom. The highest BCUT2D eigenvalue weighted by Gasteiger charge is 2.37. The Bertz CT molecular complexity index is 417. The van der Waals surface area contributed by atoms with Crippen molar-refractivity contribution in [2.75, 3.05) is 20.3 Å². The van der Waals surface area contributed by atoms with Crippen molar-refractivity contribution in [3.05, 3.63) is 18.0 Å². The SMILES string of the molecule is COCCc1cnn(C(C)(COC(C)C)C(=O)O)c1. The largest absolute Gasteiger partial charge is 0.479 e. The van der Waals surface area contributed by atoms with Gasteiger partial charge in [-0.3, -0.25) is 4.68 Å². The third kappa shape index (κ3) is 4.04. The van der Waals surface area contributed by atoms with Crippen molar-refractivity contribution in [3.63, 3.8) is 0 Å². The van der Waals surface area contributed by atoms with Crippen LogP contribution in [0.3, 0.4) is 0 Å². The lowest BCUT2D eigenvalue weighted by Crippen LogP contribution is -2.44. The van der Waals surface area contributed by atoms with E-state index in [9.17, 15) is 9.90 Å². The molecule has 19 heavy (non-hydrogen) atoms. The molecule has 0 fully saturated rings. The van der Waals surface area contributed by atoms with Gasteiger partial charge in [0.25, 0.3) is 0 Å². The number of hydrogen-bond acceptors (Lipinski definition) is 4. The molecule has 0 aliphatic carbocycles. The molecule has 0 aromatic carbocycles. The van der Waals surface area contributed by atoms with Gasteiger partial charge in [0.15, 0.2) is 5.54 Å². The third-order valence-corrected chi connectivity index (χ3v) is 2.90. The van der Waals surface area contributed by atoms with Crippen LogP contribution in [-0.4, -0.2) is 47.3 Å². The maximum atomic E-state index is 11.5. The van der Waals surface area contributed by atoms with Crippen molar-refractivity contribution < 1.29 is 19.4 Å². The Morgan fingerprint density at radius 1 is 1.58 bits per heavy atom. The standard InChI is InChI=1S/C13H22N2O4/c1-10(2)19-9-13(3,12(16)17)15-8-11(7-14-15)5-6-18-4/h7-8,10H,5-6,9H2,1-4H3,(H,16,17). The Kier molecular flexibility index (Phi) is 5.50. The molecule has 6 nitrogen and oxygen atoms in total. The zero-order chi connectivity index (χ0) is 14.5. The molecule has 0 saturated carbocycles. The van der Waals surface area contributed by atoms with Gasteiger partial charge in [-0.1, -0.05) is 0 Å². The molecule has 108 valence electrons. The highest BCUT2D eigenvalue weighted by Crippen LogP contribution is 2.18. The van der Waals surface area contributed by atoms with E-state index in [2.05, 4.69) is 5.10 Å². The van der Waals surface area contributed by atoms with E-state index in [-0.39, 0.29) is 12.7 Å². The van der Waals surface area contributed by atoms with Crippen LogP contribution < -0.4 is 0 Å². The second-order valence-electron chi connectivity index (χ2n) is 4.97. The molecule has 6 heteroatoms. The summed E-state index contributed by atoms with van der Waals surface area (Å²) >= 11 is 0. The monoisotopic (exact) mass is 270 g/mol. The number of aromatic nitrogens is 2. The Labute approximate surface area is 113 Å². The molecule has 0 spiro atoms. The van der Waals surface area contributed by atoms with Crippen LogP contribution in [0.2, 0.25) is 0 Å². The highest BCUT2D eigenvalue weighted by molar-refractivity contribution is 5.76. The number of carboxylic acids is 1. The molecule has 0 bridgehead atoms. The van der Waals surface area contributed by atoms with Crippen LogP contribution in [0.1, 0.15) is 26.3 Å². The van der Waals surface area contributed by atoms with E-state index in [1.165, 1.54) is 4.68 Å². The van der Waals surface area contributed by atoms with E-state index in [1.807, 2.05) is 13.8 Å². The van der Waals surface area contributed by atoms with Crippen LogP contribution >= 0.6 is 0 Å². The molecule has 0 saturated heterocycles. The Morgan fingerprint density at radius 2 is 2.26 bits per heavy atom. The van der Waals surface area contributed by atoms with Crippen LogP contribution in [0.25, 0.3) is 0 Å². The lowest BCUT2D eigenvalue weighted by atomic mass is 10.0. The average Bonchev–Trinajstić information content (AvgIpc) is 2.82. The first-order valence-electron chi connectivity index (χ1n) is 6.28. The first-order valence-corrected chi connectivity index (χ1v) is 6.28. The highest BCUT2D eigenvalue weighted by atomic mass is 16.5. The van der Waals surface area contributed by atoms with Crippen molar-refractivity contribution in [2.24, 2.45) is 0 Å². The molecule has 0 aliphatic rings. The molecule has 1 unspecified atom stereocenters. The van der Waals surface area contributed by atoms with Gasteiger partial charge in [0.05, 0.1) is 25.5 Å². The predicted molar refractivity (Wildman–Crippen MR) is 70.2 cm³/mol. The zero-order valence-corrected chi connectivity index (χ0v) is 11.9. The van der Waals surface area contributed by atoms with Crippen molar-refractivity contribution in [3.8, 4) is 0 Å². The van der Waals surface area contributed by atoms with E-state index >= 15 is 0 Å². The fourth-order valence-corrected chi connectivity index (χ4v) is 1.53. The molecule has 1 aromatic heterocycles. The molecular formula is C13H22N2O4. The van der Waals surface area contributed by atoms with Crippen LogP contribution in [0.5, 0.6) is 0 Å². The van der Waals surface area contributed by atoms with Crippen LogP contribution in [0.4, 0.5) is 0 Å². The molecule has 0 aliphatic heterocycles. The second-order valence-corrected chi connectivity index (χ2v) is 4.97. The van der Waals surface area contributed by atoms with E-state index in [0.717, 1.165) is 5.56 Å². The molecule has 1 rings (SSSR count). The molecular weight excluding hydrogens is 248 g/mol. The fourth-order valence-electron chi connectivity index (χ4n) is 1.53. The van der Waals surface area contributed by atoms with Crippen LogP contribution in [-0.2, 0) is 26.2 Å². The minimum Gasteiger partial charge on any atom is -0.479 e. The van der Waals surface area contributed by atoms with E-state index in [1.54, 1.807) is 26.4 Å². The van der Waals surface area contributed by atoms with Crippen molar-refractivity contribution in [1.29, 1.82) is 0 Å². The first-order chi connectivity index (χ1) is 8.90. The van der Waals surface area contributed by atoms with Gasteiger partial charge in [0.1, 0.15) is 0 Å². The van der Waals surface area contributed by atoms with Gasteiger partial charge in [0.2, 0.25) is 0 Å². The summed E-state index contributed by atoms with van der Waals surface area (Å²) in [5.41, 5.74) is -0.255. The third-order valence-electron chi connectivity index (χ3n) is 2.90. The van der Waals surface area contributed by atoms with Gasteiger partial charge in [-0.05, 0) is 32.8 Å². The van der Waals surface area contributed by atoms with Gasteiger partial charge < -0.3 is 14.6 Å². The maximum absolute atomic E-state index is 11.5. The number of ether oxygens (including phenoxy) is 2. The Hall–Kier alpha value is -1.40. The fraction of sp³-hybridized carbons (Fsp3) is 0.692. The average molecular weight is 270 g/mol. The maximum Gasteiger partial charge on any atom is 0.333 e. The normalized spacial score (nSPS) is 14.6. The van der Waals surface area contributed by atoms with Gasteiger partial charge >= 0.3 is 5.97 Å². The molecule has 1 heterocycles. The Balaban J connectivity index is 2.86. The molecule has 1 N–H and O–H groups in total. The topological polar surface area (TPSA) is 73.6 Å². The lowest BCUT2D eigenvalue weighted by Gasteiger charge is -2.26. The zero-order valence-electron chi connectivity index (χ0n) is 11.9. The molecule has 0 amide bonds. The number of carbonyl (C=O) groups is 1. The van der Waals surface area contributed by atoms with Crippen molar-refractivity contribution >= 4 is 5.97 Å². The quantitative estimate of drug-likeness (QED) is 0.770. The number of nitrogens with zero attached hydrogens (tertiary/aromatic N) is 2. The number of hydrogen-bond donors (Lipinski definition) is 1. The van der Waals surface area contributed by atoms with Crippen LogP contribution in [0.15, 0.2) is 12.4 Å². The van der Waals surface area contributed by atoms with E-state index in [4.69, 9.17) is 9.47 Å². The summed E-state index contributed by atoms with van der Waals surface area (Å²) in [7, 11) is 1.63. The summed E-state index contributed by atoms with van der Waals surface area (Å²) in [6, 6.07) is 0. The minimum absolute atomic E-state index is 0.0257. The van der Waals surface area contributed by atoms with Gasteiger partial charge in [0, 0.05) is 13.3 Å². The van der Waals surface area contributed by atoms with Crippen molar-refractivity contribution in [1.82, 2.24) is 9.78 Å². The van der Waals surface area contributed by atoms with Crippen LogP contribution in [0, 0.1) is 0 Å². The predicted octanol–water partition coefficient (Wildman–Crippen LogP) is 1.30. The summed E-state index contributed by atoms with van der Waals surface area (Å²) in [5, 5.41) is 13.6. The van der Waals surface area contributed by atoms with Gasteiger partial charge in [-0.25, -0.2) is 4.79 Å². The summed E-state index contributed by atoms with van der Waals surface area (Å²) in [6.45, 7) is 6.00. The summed E-state index contributed by atoms with van der Waals surface area (Å²) < 4.78 is 11.9. The first kappa shape index (κ1) is 15.7. The van der Waals surface area contributed by atoms with Crippen molar-refractivity contribution in [2.45, 2.75) is 38.8 Å². The molecule has 1 aromatic rings. The minimum atomic E-state index is -1.20. The van der Waals surface area contributed by atoms with E-state index < -0.39 is 11.5 Å². The summed E-state index contributed by atoms with van der Waals surface area (Å²) in [6.07, 6.45) is 4.08. The van der Waals surface area contributed by atoms with E-state index in [0.29, 0.717) is 13.0 Å². The lowest BCUT2D eigenvalue weighted by molar-refractivity contribution is -0.151. The smallest absolute Gasteiger partial charge is 0.333 e. The number of methoxy groups -OCH3 is 1. The van der Waals surface area contributed by atoms with Gasteiger partial charge in [-0.2, -0.15) is 5.10 Å². The molecule has 0 radical (unpaired) electrons. The number of rotatable bonds is 8. The summed E-state index contributed by atoms with van der Waals surface area (Å²) in [4.78, 5) is 11.5.